The van der Waals surface area contributed by atoms with Gasteiger partial charge < -0.3 is 10.1 Å². The maximum atomic E-state index is 13.2. The van der Waals surface area contributed by atoms with Crippen LogP contribution in [0.3, 0.4) is 0 Å². The van der Waals surface area contributed by atoms with Crippen LogP contribution in [0.25, 0.3) is 5.69 Å². The quantitative estimate of drug-likeness (QED) is 0.417. The Morgan fingerprint density at radius 3 is 2.52 bits per heavy atom. The number of methoxy groups -OCH3 is 1. The molecule has 1 heterocycles. The van der Waals surface area contributed by atoms with Gasteiger partial charge >= 0.3 is 6.18 Å². The number of benzene rings is 2. The molecule has 0 spiro atoms. The molecule has 6 nitrogen and oxygen atoms in total. The van der Waals surface area contributed by atoms with Gasteiger partial charge in [0.15, 0.2) is 5.16 Å². The van der Waals surface area contributed by atoms with E-state index in [1.54, 1.807) is 23.8 Å². The van der Waals surface area contributed by atoms with Crippen LogP contribution in [0, 0.1) is 0 Å². The van der Waals surface area contributed by atoms with Gasteiger partial charge in [0.05, 0.1) is 18.2 Å². The van der Waals surface area contributed by atoms with Crippen molar-refractivity contribution in [2.24, 2.45) is 0 Å². The summed E-state index contributed by atoms with van der Waals surface area (Å²) in [6.07, 6.45) is -4.39. The van der Waals surface area contributed by atoms with E-state index in [0.29, 0.717) is 27.5 Å². The molecule has 11 heteroatoms. The molecule has 0 aliphatic heterocycles. The van der Waals surface area contributed by atoms with Crippen LogP contribution in [0.15, 0.2) is 65.3 Å². The number of halogens is 4. The van der Waals surface area contributed by atoms with Gasteiger partial charge in [-0.15, -0.1) is 10.2 Å². The van der Waals surface area contributed by atoms with Gasteiger partial charge in [0.2, 0.25) is 0 Å². The number of hydrogen-bond acceptors (Lipinski definition) is 5. The number of ether oxygens (including phenoxy) is 1. The Morgan fingerprint density at radius 1 is 1.18 bits per heavy atom. The lowest BCUT2D eigenvalue weighted by Gasteiger charge is -2.13. The van der Waals surface area contributed by atoms with E-state index in [-0.39, 0.29) is 13.0 Å². The normalized spacial score (nSPS) is 11.3. The van der Waals surface area contributed by atoms with E-state index in [4.69, 9.17) is 16.3 Å². The van der Waals surface area contributed by atoms with Crippen molar-refractivity contribution in [1.82, 2.24) is 20.1 Å². The van der Waals surface area contributed by atoms with Crippen molar-refractivity contribution in [2.75, 3.05) is 19.4 Å². The van der Waals surface area contributed by atoms with Gasteiger partial charge in [0.1, 0.15) is 11.6 Å². The van der Waals surface area contributed by atoms with Gasteiger partial charge in [0.25, 0.3) is 5.91 Å². The van der Waals surface area contributed by atoms with Crippen LogP contribution in [0.5, 0.6) is 5.75 Å². The Labute approximate surface area is 197 Å². The summed E-state index contributed by atoms with van der Waals surface area (Å²) >= 11 is 7.21. The lowest BCUT2D eigenvalue weighted by Crippen LogP contribution is -2.28. The van der Waals surface area contributed by atoms with E-state index in [2.05, 4.69) is 22.1 Å². The number of nitrogens with zero attached hydrogens (tertiary/aromatic N) is 3. The molecule has 1 N–H and O–H groups in total. The summed E-state index contributed by atoms with van der Waals surface area (Å²) in [5.74, 6) is 0.798. The topological polar surface area (TPSA) is 69.0 Å². The van der Waals surface area contributed by atoms with Crippen molar-refractivity contribution in [3.8, 4) is 11.4 Å². The predicted octanol–water partition coefficient (Wildman–Crippen LogP) is 5.11. The maximum Gasteiger partial charge on any atom is 0.417 e. The second kappa shape index (κ2) is 10.8. The third kappa shape index (κ3) is 6.29. The first kappa shape index (κ1) is 24.7. The van der Waals surface area contributed by atoms with E-state index in [1.807, 2.05) is 12.1 Å². The Morgan fingerprint density at radius 2 is 1.88 bits per heavy atom. The van der Waals surface area contributed by atoms with Crippen molar-refractivity contribution in [1.29, 1.82) is 0 Å². The Bertz CT molecular complexity index is 1130. The molecular weight excluding hydrogens is 477 g/mol. The minimum atomic E-state index is -4.62. The van der Waals surface area contributed by atoms with Gasteiger partial charge in [-0.25, -0.2) is 0 Å². The Hall–Kier alpha value is -2.98. The average Bonchev–Trinajstić information content (AvgIpc) is 3.19. The van der Waals surface area contributed by atoms with Crippen molar-refractivity contribution in [2.45, 2.75) is 17.8 Å². The zero-order valence-electron chi connectivity index (χ0n) is 17.5. The smallest absolute Gasteiger partial charge is 0.417 e. The van der Waals surface area contributed by atoms with Crippen LogP contribution in [0.1, 0.15) is 21.7 Å². The summed E-state index contributed by atoms with van der Waals surface area (Å²) in [6.45, 7) is 3.73. The molecule has 174 valence electrons. The monoisotopic (exact) mass is 496 g/mol. The fraction of sp³-hybridized carbons (Fsp3) is 0.227. The number of hydrogen-bond donors (Lipinski definition) is 1. The van der Waals surface area contributed by atoms with Crippen molar-refractivity contribution in [3.63, 3.8) is 0 Å². The van der Waals surface area contributed by atoms with E-state index in [1.165, 1.54) is 23.9 Å². The highest BCUT2D eigenvalue weighted by molar-refractivity contribution is 7.99. The number of nitrogens with one attached hydrogen (secondary N) is 1. The van der Waals surface area contributed by atoms with Gasteiger partial charge in [0, 0.05) is 29.4 Å². The second-order valence-corrected chi connectivity index (χ2v) is 8.26. The molecule has 1 amide bonds. The lowest BCUT2D eigenvalue weighted by atomic mass is 10.1. The van der Waals surface area contributed by atoms with Crippen LogP contribution in [-0.4, -0.2) is 40.1 Å². The molecule has 1 aromatic heterocycles. The first-order chi connectivity index (χ1) is 15.7. The van der Waals surface area contributed by atoms with Gasteiger partial charge in [-0.05, 0) is 36.4 Å². The minimum Gasteiger partial charge on any atom is -0.497 e. The number of aromatic nitrogens is 3. The van der Waals surface area contributed by atoms with E-state index >= 15 is 0 Å². The molecule has 0 saturated heterocycles. The van der Waals surface area contributed by atoms with E-state index in [0.717, 1.165) is 17.8 Å². The highest BCUT2D eigenvalue weighted by atomic mass is 35.5. The third-order valence-electron chi connectivity index (χ3n) is 4.50. The summed E-state index contributed by atoms with van der Waals surface area (Å²) in [5.41, 5.74) is -0.658. The zero-order valence-corrected chi connectivity index (χ0v) is 19.1. The zero-order chi connectivity index (χ0) is 24.0. The van der Waals surface area contributed by atoms with Crippen LogP contribution >= 0.6 is 23.4 Å². The Kier molecular flexibility index (Phi) is 8.04. The van der Waals surface area contributed by atoms with Crippen molar-refractivity contribution < 1.29 is 22.7 Å². The molecule has 0 radical (unpaired) electrons. The van der Waals surface area contributed by atoms with Crippen LogP contribution < -0.4 is 10.1 Å². The fourth-order valence-electron chi connectivity index (χ4n) is 3.00. The molecular formula is C22H20ClF3N4O2S. The number of thioether (sulfide) groups is 1. The Balaban J connectivity index is 1.78. The summed E-state index contributed by atoms with van der Waals surface area (Å²) in [6, 6.07) is 11.9. The molecule has 0 unspecified atom stereocenters. The maximum absolute atomic E-state index is 13.2. The van der Waals surface area contributed by atoms with E-state index < -0.39 is 23.2 Å². The van der Waals surface area contributed by atoms with Crippen LogP contribution in [0.4, 0.5) is 13.2 Å². The van der Waals surface area contributed by atoms with Crippen LogP contribution in [0.2, 0.25) is 0 Å². The number of alkyl halides is 3. The van der Waals surface area contributed by atoms with Crippen molar-refractivity contribution >= 4 is 29.3 Å². The number of carbonyl (C=O) groups is 1. The largest absolute Gasteiger partial charge is 0.497 e. The molecule has 0 aliphatic carbocycles. The molecule has 0 saturated carbocycles. The first-order valence-corrected chi connectivity index (χ1v) is 11.1. The molecule has 0 bridgehead atoms. The summed E-state index contributed by atoms with van der Waals surface area (Å²) < 4.78 is 46.6. The molecule has 0 fully saturated rings. The highest BCUT2D eigenvalue weighted by Gasteiger charge is 2.34. The molecule has 33 heavy (non-hydrogen) atoms. The summed E-state index contributed by atoms with van der Waals surface area (Å²) in [7, 11) is 1.56. The van der Waals surface area contributed by atoms with Gasteiger partial charge in [-0.2, -0.15) is 13.2 Å². The second-order valence-electron chi connectivity index (χ2n) is 6.79. The van der Waals surface area contributed by atoms with Gasteiger partial charge in [-0.1, -0.05) is 42.1 Å². The molecule has 3 rings (SSSR count). The number of carbonyl (C=O) groups excluding carboxylic acids is 1. The van der Waals surface area contributed by atoms with E-state index in [9.17, 15) is 18.0 Å². The standard InChI is InChI=1S/C22H20ClF3N4O2S/c1-14(23)13-33-21-29-28-19(30(21)15-7-9-16(32-2)10-8-15)11-12-27-20(31)17-5-3-4-6-18(17)22(24,25)26/h3-10H,1,11-13H2,2H3,(H,27,31). The summed E-state index contributed by atoms with van der Waals surface area (Å²) in [5, 5.41) is 11.9. The summed E-state index contributed by atoms with van der Waals surface area (Å²) in [4.78, 5) is 12.4. The molecule has 3 aromatic rings. The SMILES string of the molecule is C=C(Cl)CSc1nnc(CCNC(=O)c2ccccc2C(F)(F)F)n1-c1ccc(OC)cc1. The predicted molar refractivity (Wildman–Crippen MR) is 121 cm³/mol. The minimum absolute atomic E-state index is 0.0617. The van der Waals surface area contributed by atoms with Gasteiger partial charge in [-0.3, -0.25) is 9.36 Å². The molecule has 0 aliphatic rings. The third-order valence-corrected chi connectivity index (χ3v) is 5.81. The lowest BCUT2D eigenvalue weighted by molar-refractivity contribution is -0.137. The average molecular weight is 497 g/mol. The molecule has 0 atom stereocenters. The van der Waals surface area contributed by atoms with Crippen LogP contribution in [-0.2, 0) is 12.6 Å². The number of amides is 1. The fourth-order valence-corrected chi connectivity index (χ4v) is 3.89. The van der Waals surface area contributed by atoms with Crippen molar-refractivity contribution in [3.05, 3.63) is 77.1 Å². The highest BCUT2D eigenvalue weighted by Crippen LogP contribution is 2.32. The first-order valence-electron chi connectivity index (χ1n) is 9.70. The number of rotatable bonds is 9. The molecule has 2 aromatic carbocycles.